The van der Waals surface area contributed by atoms with Crippen molar-refractivity contribution in [2.24, 2.45) is 0 Å². The van der Waals surface area contributed by atoms with Crippen LogP contribution in [0.15, 0.2) is 21.7 Å². The fourth-order valence-corrected chi connectivity index (χ4v) is 1.87. The van der Waals surface area contributed by atoms with Crippen LogP contribution in [0.3, 0.4) is 0 Å². The fraction of sp³-hybridized carbons (Fsp3) is 0.444. The van der Waals surface area contributed by atoms with Gasteiger partial charge in [0.15, 0.2) is 5.54 Å². The molecule has 2 heterocycles. The number of aliphatic hydroxyl groups excluding tert-OH is 1. The number of carbonyl (C=O) groups is 1. The van der Waals surface area contributed by atoms with Crippen molar-refractivity contribution in [1.82, 2.24) is 13.9 Å². The van der Waals surface area contributed by atoms with Crippen LogP contribution in [0, 0.1) is 0 Å². The maximum atomic E-state index is 11.8. The molecule has 0 saturated heterocycles. The molecule has 17 heavy (non-hydrogen) atoms. The van der Waals surface area contributed by atoms with Crippen LogP contribution in [0.1, 0.15) is 6.92 Å². The van der Waals surface area contributed by atoms with E-state index in [1.165, 1.54) is 19.1 Å². The Morgan fingerprint density at radius 3 is 2.65 bits per heavy atom. The molecular weight excluding hydrogens is 230 g/mol. The van der Waals surface area contributed by atoms with Crippen LogP contribution in [0.5, 0.6) is 0 Å². The largest absolute Gasteiger partial charge is 0.479 e. The Kier molecular flexibility index (Phi) is 2.32. The minimum Gasteiger partial charge on any atom is -0.479 e. The standard InChI is InChI=1S/C9H11N3O5/c1-9(6(14)15)3-2-4-11-7(16)10(5-13)8(17)12(9)11/h2-3,13H,4-5H2,1H3,(H,14,15). The highest BCUT2D eigenvalue weighted by molar-refractivity contribution is 5.78. The van der Waals surface area contributed by atoms with E-state index in [1.807, 2.05) is 0 Å². The van der Waals surface area contributed by atoms with Crippen molar-refractivity contribution in [1.29, 1.82) is 0 Å². The van der Waals surface area contributed by atoms with Gasteiger partial charge >= 0.3 is 17.3 Å². The first-order valence-electron chi connectivity index (χ1n) is 4.88. The van der Waals surface area contributed by atoms with Gasteiger partial charge in [-0.25, -0.2) is 28.3 Å². The third-order valence-electron chi connectivity index (χ3n) is 2.84. The van der Waals surface area contributed by atoms with E-state index in [2.05, 4.69) is 0 Å². The summed E-state index contributed by atoms with van der Waals surface area (Å²) in [4.78, 5) is 34.7. The van der Waals surface area contributed by atoms with Crippen LogP contribution in [0.25, 0.3) is 0 Å². The van der Waals surface area contributed by atoms with Gasteiger partial charge in [0, 0.05) is 0 Å². The van der Waals surface area contributed by atoms with Crippen LogP contribution in [-0.4, -0.2) is 30.1 Å². The van der Waals surface area contributed by atoms with Crippen molar-refractivity contribution in [3.05, 3.63) is 33.1 Å². The van der Waals surface area contributed by atoms with E-state index < -0.39 is 29.6 Å². The number of allylic oxidation sites excluding steroid dienone is 1. The summed E-state index contributed by atoms with van der Waals surface area (Å²) in [5, 5.41) is 18.1. The average Bonchev–Trinajstić information content (AvgIpc) is 2.52. The molecule has 0 amide bonds. The lowest BCUT2D eigenvalue weighted by Crippen LogP contribution is -2.48. The third kappa shape index (κ3) is 1.30. The number of aliphatic carboxylic acids is 1. The Balaban J connectivity index is 2.85. The Labute approximate surface area is 94.6 Å². The lowest BCUT2D eigenvalue weighted by Gasteiger charge is -2.27. The molecule has 1 unspecified atom stereocenters. The first-order valence-corrected chi connectivity index (χ1v) is 4.88. The summed E-state index contributed by atoms with van der Waals surface area (Å²) in [5.41, 5.74) is -3.18. The Morgan fingerprint density at radius 2 is 2.12 bits per heavy atom. The number of hydrogen-bond acceptors (Lipinski definition) is 4. The monoisotopic (exact) mass is 241 g/mol. The summed E-state index contributed by atoms with van der Waals surface area (Å²) in [6.07, 6.45) is 2.84. The summed E-state index contributed by atoms with van der Waals surface area (Å²) in [6, 6.07) is 0. The van der Waals surface area contributed by atoms with Gasteiger partial charge in [0.2, 0.25) is 0 Å². The molecule has 1 aliphatic heterocycles. The van der Waals surface area contributed by atoms with Gasteiger partial charge in [0.1, 0.15) is 6.73 Å². The smallest absolute Gasteiger partial charge is 0.350 e. The second-order valence-electron chi connectivity index (χ2n) is 3.88. The van der Waals surface area contributed by atoms with Gasteiger partial charge in [-0.05, 0) is 13.0 Å². The molecule has 2 rings (SSSR count). The number of fused-ring (bicyclic) bond motifs is 1. The molecule has 0 spiro atoms. The quantitative estimate of drug-likeness (QED) is 0.590. The molecule has 0 aromatic carbocycles. The van der Waals surface area contributed by atoms with E-state index in [4.69, 9.17) is 10.2 Å². The third-order valence-corrected chi connectivity index (χ3v) is 2.84. The summed E-state index contributed by atoms with van der Waals surface area (Å²) in [5.74, 6) is -1.25. The Morgan fingerprint density at radius 1 is 1.47 bits per heavy atom. The summed E-state index contributed by atoms with van der Waals surface area (Å²) in [6.45, 7) is 0.633. The van der Waals surface area contributed by atoms with E-state index in [1.54, 1.807) is 0 Å². The SMILES string of the molecule is CC1(C(=O)O)C=CCn2c(=O)n(CO)c(=O)n21. The second kappa shape index (κ2) is 3.45. The molecule has 2 N–H and O–H groups in total. The van der Waals surface area contributed by atoms with Crippen LogP contribution in [-0.2, 0) is 23.6 Å². The predicted octanol–water partition coefficient (Wildman–Crippen LogP) is -1.87. The molecular formula is C9H11N3O5. The number of rotatable bonds is 2. The lowest BCUT2D eigenvalue weighted by molar-refractivity contribution is -0.145. The molecule has 1 atom stereocenters. The van der Waals surface area contributed by atoms with Gasteiger partial charge in [-0.15, -0.1) is 0 Å². The molecule has 8 nitrogen and oxygen atoms in total. The molecule has 0 aliphatic carbocycles. The van der Waals surface area contributed by atoms with Crippen molar-refractivity contribution in [2.45, 2.75) is 25.7 Å². The molecule has 0 fully saturated rings. The minimum absolute atomic E-state index is 0.101. The molecule has 92 valence electrons. The predicted molar refractivity (Wildman–Crippen MR) is 55.6 cm³/mol. The van der Waals surface area contributed by atoms with Crippen molar-refractivity contribution < 1.29 is 15.0 Å². The van der Waals surface area contributed by atoms with Crippen LogP contribution in [0.2, 0.25) is 0 Å². The van der Waals surface area contributed by atoms with Gasteiger partial charge in [-0.3, -0.25) is 0 Å². The minimum atomic E-state index is -1.62. The highest BCUT2D eigenvalue weighted by atomic mass is 16.4. The molecule has 1 aromatic heterocycles. The highest BCUT2D eigenvalue weighted by Crippen LogP contribution is 2.18. The molecule has 0 bridgehead atoms. The number of aromatic nitrogens is 3. The first kappa shape index (κ1) is 11.4. The zero-order valence-corrected chi connectivity index (χ0v) is 9.03. The molecule has 8 heteroatoms. The van der Waals surface area contributed by atoms with Crippen molar-refractivity contribution in [3.8, 4) is 0 Å². The van der Waals surface area contributed by atoms with Crippen molar-refractivity contribution >= 4 is 5.97 Å². The lowest BCUT2D eigenvalue weighted by atomic mass is 10.0. The topological polar surface area (TPSA) is 106 Å². The molecule has 0 saturated carbocycles. The summed E-state index contributed by atoms with van der Waals surface area (Å²) >= 11 is 0. The Hall–Kier alpha value is -2.09. The van der Waals surface area contributed by atoms with E-state index in [0.29, 0.717) is 4.57 Å². The maximum absolute atomic E-state index is 11.8. The number of aliphatic hydroxyl groups is 1. The average molecular weight is 241 g/mol. The normalized spacial score (nSPS) is 22.5. The van der Waals surface area contributed by atoms with Gasteiger partial charge in [-0.1, -0.05) is 6.08 Å². The van der Waals surface area contributed by atoms with Gasteiger partial charge in [0.05, 0.1) is 6.54 Å². The van der Waals surface area contributed by atoms with Crippen molar-refractivity contribution in [3.63, 3.8) is 0 Å². The van der Waals surface area contributed by atoms with E-state index >= 15 is 0 Å². The van der Waals surface area contributed by atoms with Crippen LogP contribution >= 0.6 is 0 Å². The van der Waals surface area contributed by atoms with E-state index in [9.17, 15) is 14.4 Å². The number of nitrogens with zero attached hydrogens (tertiary/aromatic N) is 3. The number of carboxylic acid groups (broad SMARTS) is 1. The molecule has 1 aromatic rings. The summed E-state index contributed by atoms with van der Waals surface area (Å²) < 4.78 is 2.41. The fourth-order valence-electron chi connectivity index (χ4n) is 1.87. The number of hydrogen-bond donors (Lipinski definition) is 2. The van der Waals surface area contributed by atoms with Crippen molar-refractivity contribution in [2.75, 3.05) is 0 Å². The zero-order chi connectivity index (χ0) is 12.8. The zero-order valence-electron chi connectivity index (χ0n) is 9.03. The van der Waals surface area contributed by atoms with Crippen LogP contribution in [0.4, 0.5) is 0 Å². The van der Waals surface area contributed by atoms with Crippen LogP contribution < -0.4 is 11.4 Å². The maximum Gasteiger partial charge on any atom is 0.350 e. The van der Waals surface area contributed by atoms with Gasteiger partial charge in [0.25, 0.3) is 0 Å². The molecule has 1 aliphatic rings. The first-order chi connectivity index (χ1) is 7.93. The summed E-state index contributed by atoms with van der Waals surface area (Å²) in [7, 11) is 0. The van der Waals surface area contributed by atoms with Gasteiger partial charge in [-0.2, -0.15) is 0 Å². The second-order valence-corrected chi connectivity index (χ2v) is 3.88. The highest BCUT2D eigenvalue weighted by Gasteiger charge is 2.39. The van der Waals surface area contributed by atoms with Gasteiger partial charge < -0.3 is 10.2 Å². The number of carboxylic acids is 1. The molecule has 0 radical (unpaired) electrons. The van der Waals surface area contributed by atoms with E-state index in [-0.39, 0.29) is 6.54 Å². The van der Waals surface area contributed by atoms with E-state index in [0.717, 1.165) is 9.36 Å². The Bertz CT molecular complexity index is 620.